The fourth-order valence-electron chi connectivity index (χ4n) is 10.6. The van der Waals surface area contributed by atoms with Gasteiger partial charge in [0, 0.05) is 29.5 Å². The Bertz CT molecular complexity index is 2420. The summed E-state index contributed by atoms with van der Waals surface area (Å²) in [5.74, 6) is -0.832. The molecule has 0 aromatic heterocycles. The lowest BCUT2D eigenvalue weighted by Gasteiger charge is -2.39. The first-order chi connectivity index (χ1) is 37.0. The van der Waals surface area contributed by atoms with Crippen molar-refractivity contribution in [2.75, 3.05) is 23.7 Å². The van der Waals surface area contributed by atoms with Gasteiger partial charge in [0.2, 0.25) is 0 Å². The molecule has 0 aliphatic carbocycles. The second-order valence-corrected chi connectivity index (χ2v) is 21.4. The van der Waals surface area contributed by atoms with E-state index < -0.39 is 17.5 Å². The van der Waals surface area contributed by atoms with Crippen molar-refractivity contribution in [2.24, 2.45) is 20.5 Å². The van der Waals surface area contributed by atoms with Gasteiger partial charge in [0.25, 0.3) is 17.5 Å². The zero-order chi connectivity index (χ0) is 52.4. The van der Waals surface area contributed by atoms with Gasteiger partial charge in [-0.05, 0) is 53.9 Å². The monoisotopic (exact) mass is 1020 g/mol. The molecule has 0 saturated carbocycles. The van der Waals surface area contributed by atoms with E-state index in [1.165, 1.54) is 167 Å². The first-order valence-corrected chi connectivity index (χ1v) is 30.1. The van der Waals surface area contributed by atoms with Crippen LogP contribution in [0.5, 0.6) is 0 Å². The van der Waals surface area contributed by atoms with E-state index >= 15 is 0 Å². The molecule has 0 unspecified atom stereocenters. The number of benzene rings is 5. The minimum Gasteiger partial charge on any atom is -0.352 e. The summed E-state index contributed by atoms with van der Waals surface area (Å²) >= 11 is 0. The maximum absolute atomic E-state index is 14.7. The van der Waals surface area contributed by atoms with Gasteiger partial charge in [-0.1, -0.05) is 273 Å². The maximum atomic E-state index is 14.7. The minimum absolute atomic E-state index is 0.416. The summed E-state index contributed by atoms with van der Waals surface area (Å²) in [4.78, 5) is 29.4. The molecule has 0 bridgehead atoms. The number of rotatable bonds is 40. The Kier molecular flexibility index (Phi) is 27.2. The van der Waals surface area contributed by atoms with Crippen molar-refractivity contribution in [1.82, 2.24) is 10.6 Å². The molecular weight excluding hydrogens is 925 g/mol. The number of hydrogen-bond donors (Lipinski definition) is 4. The van der Waals surface area contributed by atoms with Crippen molar-refractivity contribution >= 4 is 67.5 Å². The van der Waals surface area contributed by atoms with Gasteiger partial charge < -0.3 is 21.3 Å². The zero-order valence-corrected chi connectivity index (χ0v) is 46.4. The first kappa shape index (κ1) is 58.6. The summed E-state index contributed by atoms with van der Waals surface area (Å²) < 4.78 is 0. The highest BCUT2D eigenvalue weighted by Gasteiger charge is 2.49. The van der Waals surface area contributed by atoms with Crippen LogP contribution < -0.4 is 21.3 Å². The molecule has 0 saturated heterocycles. The number of unbranched alkanes of at least 4 members (excludes halogenated alkanes) is 30. The third-order valence-corrected chi connectivity index (χ3v) is 15.1. The molecule has 6 rings (SSSR count). The van der Waals surface area contributed by atoms with Crippen LogP contribution in [0.1, 0.15) is 219 Å². The lowest BCUT2D eigenvalue weighted by Crippen LogP contribution is -2.67. The summed E-state index contributed by atoms with van der Waals surface area (Å²) in [7, 11) is 0. The predicted octanol–water partition coefficient (Wildman–Crippen LogP) is 20.1. The van der Waals surface area contributed by atoms with Gasteiger partial charge in [-0.2, -0.15) is 5.11 Å². The molecule has 2 amide bonds. The highest BCUT2D eigenvalue weighted by atomic mass is 16.2. The van der Waals surface area contributed by atoms with Gasteiger partial charge >= 0.3 is 0 Å². The van der Waals surface area contributed by atoms with E-state index in [9.17, 15) is 9.59 Å². The molecule has 1 aliphatic rings. The molecule has 0 spiro atoms. The number of carbonyl (C=O) groups excluding carboxylic acids is 2. The Morgan fingerprint density at radius 3 is 1.35 bits per heavy atom. The van der Waals surface area contributed by atoms with Crippen LogP contribution in [-0.4, -0.2) is 30.6 Å². The van der Waals surface area contributed by atoms with Crippen molar-refractivity contribution in [1.29, 1.82) is 0 Å². The number of fused-ring (bicyclic) bond motifs is 1. The summed E-state index contributed by atoms with van der Waals surface area (Å²) in [6, 6.07) is 31.4. The highest BCUT2D eigenvalue weighted by Crippen LogP contribution is 2.45. The number of carbonyl (C=O) groups is 2. The van der Waals surface area contributed by atoms with Crippen LogP contribution in [0.25, 0.3) is 21.5 Å². The molecule has 4 N–H and O–H groups in total. The number of azo groups is 2. The van der Waals surface area contributed by atoms with Crippen molar-refractivity contribution in [3.63, 3.8) is 0 Å². The topological polar surface area (TPSA) is 132 Å². The van der Waals surface area contributed by atoms with Gasteiger partial charge in [0.15, 0.2) is 0 Å². The Labute approximate surface area is 452 Å². The molecule has 0 atom stereocenters. The average Bonchev–Trinajstić information content (AvgIpc) is 3.44. The van der Waals surface area contributed by atoms with Crippen molar-refractivity contribution in [3.05, 3.63) is 97.1 Å². The standard InChI is InChI=1S/C65H94N8O2/c1-3-5-7-9-11-13-15-17-19-21-23-25-27-29-31-38-51-66-63(74)65(64(75)67-52-39-32-30-28-26-24-22-20-18-16-14-12-10-8-6-4-2)68-57-46-40-42-54-48-50-59(62(69-65)60(54)57)72-71-58-49-47-53-41-36-37-45-56(53)61(58)73-70-55-43-34-33-35-44-55/h33-37,40-50,68-69H,3-32,38-39,51-52H2,1-2H3,(H,66,74)(H,67,75)/b72-71+,73-70+. The van der Waals surface area contributed by atoms with Crippen LogP contribution in [-0.2, 0) is 9.59 Å². The van der Waals surface area contributed by atoms with E-state index in [0.717, 1.165) is 65.8 Å². The summed E-state index contributed by atoms with van der Waals surface area (Å²) in [5, 5.41) is 35.8. The summed E-state index contributed by atoms with van der Waals surface area (Å²) in [6.07, 6.45) is 41.1. The Balaban J connectivity index is 1.06. The maximum Gasteiger partial charge on any atom is 0.276 e. The van der Waals surface area contributed by atoms with Gasteiger partial charge in [-0.3, -0.25) is 9.59 Å². The molecule has 75 heavy (non-hydrogen) atoms. The molecular formula is C65H94N8O2. The summed E-state index contributed by atoms with van der Waals surface area (Å²) in [6.45, 7) is 5.53. The van der Waals surface area contributed by atoms with Crippen LogP contribution in [0, 0.1) is 0 Å². The van der Waals surface area contributed by atoms with E-state index in [1.807, 2.05) is 97.1 Å². The molecule has 406 valence electrons. The molecule has 5 aromatic rings. The van der Waals surface area contributed by atoms with Crippen LogP contribution >= 0.6 is 0 Å². The predicted molar refractivity (Wildman–Crippen MR) is 318 cm³/mol. The van der Waals surface area contributed by atoms with Crippen LogP contribution in [0.3, 0.4) is 0 Å². The van der Waals surface area contributed by atoms with E-state index in [2.05, 4.69) is 40.2 Å². The Hall–Kier alpha value is -5.64. The number of nitrogens with one attached hydrogen (secondary N) is 4. The number of hydrogen-bond acceptors (Lipinski definition) is 8. The normalized spacial score (nSPS) is 12.9. The van der Waals surface area contributed by atoms with Gasteiger partial charge in [0.05, 0.1) is 11.4 Å². The molecule has 0 radical (unpaired) electrons. The lowest BCUT2D eigenvalue weighted by atomic mass is 9.96. The van der Waals surface area contributed by atoms with Crippen LogP contribution in [0.15, 0.2) is 118 Å². The van der Waals surface area contributed by atoms with Gasteiger partial charge in [-0.15, -0.1) is 15.3 Å². The summed E-state index contributed by atoms with van der Waals surface area (Å²) in [5.41, 5.74) is 1.79. The second kappa shape index (κ2) is 34.8. The van der Waals surface area contributed by atoms with Crippen LogP contribution in [0.2, 0.25) is 0 Å². The molecule has 10 heteroatoms. The second-order valence-electron chi connectivity index (χ2n) is 21.4. The highest BCUT2D eigenvalue weighted by molar-refractivity contribution is 6.21. The molecule has 0 fully saturated rings. The molecule has 10 nitrogen and oxygen atoms in total. The van der Waals surface area contributed by atoms with E-state index in [-0.39, 0.29) is 0 Å². The largest absolute Gasteiger partial charge is 0.352 e. The molecule has 1 heterocycles. The SMILES string of the molecule is CCCCCCCCCCCCCCCCCCNC(=O)C1(C(=O)NCCCCCCCCCCCCCCCCCC)Nc2cccc3ccc(/N=N/c4ccc5ccccc5c4/N=N/c4ccccc4)c(c23)N1. The third kappa shape index (κ3) is 19.8. The van der Waals surface area contributed by atoms with Gasteiger partial charge in [-0.25, -0.2) is 0 Å². The fraction of sp³-hybridized carbons (Fsp3) is 0.569. The Morgan fingerprint density at radius 1 is 0.400 bits per heavy atom. The lowest BCUT2D eigenvalue weighted by molar-refractivity contribution is -0.134. The number of anilines is 2. The Morgan fingerprint density at radius 2 is 0.827 bits per heavy atom. The molecule has 5 aromatic carbocycles. The zero-order valence-electron chi connectivity index (χ0n) is 46.4. The van der Waals surface area contributed by atoms with Crippen LogP contribution in [0.4, 0.5) is 34.1 Å². The number of nitrogens with zero attached hydrogens (tertiary/aromatic N) is 4. The van der Waals surface area contributed by atoms with E-state index in [4.69, 9.17) is 15.3 Å². The first-order valence-electron chi connectivity index (χ1n) is 30.1. The quantitative estimate of drug-likeness (QED) is 0.0177. The third-order valence-electron chi connectivity index (χ3n) is 15.1. The average molecular weight is 1020 g/mol. The van der Waals surface area contributed by atoms with Gasteiger partial charge in [0.1, 0.15) is 17.1 Å². The number of amides is 2. The fourth-order valence-corrected chi connectivity index (χ4v) is 10.6. The smallest absolute Gasteiger partial charge is 0.276 e. The minimum atomic E-state index is -1.82. The van der Waals surface area contributed by atoms with E-state index in [1.54, 1.807) is 0 Å². The van der Waals surface area contributed by atoms with Crippen molar-refractivity contribution in [3.8, 4) is 0 Å². The van der Waals surface area contributed by atoms with E-state index in [0.29, 0.717) is 41.5 Å². The molecule has 1 aliphatic heterocycles. The van der Waals surface area contributed by atoms with Crippen molar-refractivity contribution < 1.29 is 9.59 Å². The van der Waals surface area contributed by atoms with Crippen molar-refractivity contribution in [2.45, 2.75) is 225 Å².